The molecular weight excluding hydrogens is 182 g/mol. The molecule has 0 N–H and O–H groups in total. The van der Waals surface area contributed by atoms with Crippen LogP contribution >= 0.6 is 11.8 Å². The van der Waals surface area contributed by atoms with Crippen LogP contribution in [-0.2, 0) is 4.79 Å². The van der Waals surface area contributed by atoms with Gasteiger partial charge in [0, 0.05) is 29.4 Å². The molecule has 1 saturated heterocycles. The Labute approximate surface area is 85.1 Å². The first kappa shape index (κ1) is 11.1. The fourth-order valence-electron chi connectivity index (χ4n) is 2.02. The summed E-state index contributed by atoms with van der Waals surface area (Å²) < 4.78 is 0. The summed E-state index contributed by atoms with van der Waals surface area (Å²) in [6.07, 6.45) is 0. The summed E-state index contributed by atoms with van der Waals surface area (Å²) in [5.74, 6) is 2.67. The van der Waals surface area contributed by atoms with E-state index in [1.54, 1.807) is 0 Å². The van der Waals surface area contributed by atoms with E-state index in [4.69, 9.17) is 0 Å². The van der Waals surface area contributed by atoms with E-state index in [9.17, 15) is 4.79 Å². The number of carbonyl (C=O) groups excluding carboxylic acids is 1. The largest absolute Gasteiger partial charge is 0.308 e. The van der Waals surface area contributed by atoms with Gasteiger partial charge in [0.25, 0.3) is 0 Å². The van der Waals surface area contributed by atoms with E-state index in [1.165, 1.54) is 0 Å². The zero-order chi connectivity index (χ0) is 10.1. The van der Waals surface area contributed by atoms with Crippen molar-refractivity contribution in [1.29, 1.82) is 0 Å². The maximum absolute atomic E-state index is 11.9. The molecule has 2 nitrogen and oxygen atoms in total. The molecule has 0 aromatic carbocycles. The SMILES string of the molecule is C[C@@H]1CSC[C@@](C)(CN(C)C)C1=O. The first-order chi connectivity index (χ1) is 5.96. The van der Waals surface area contributed by atoms with Crippen molar-refractivity contribution in [2.75, 3.05) is 32.1 Å². The Morgan fingerprint density at radius 1 is 1.62 bits per heavy atom. The van der Waals surface area contributed by atoms with Crippen LogP contribution < -0.4 is 0 Å². The van der Waals surface area contributed by atoms with Crippen molar-refractivity contribution in [2.24, 2.45) is 11.3 Å². The third kappa shape index (κ3) is 2.47. The van der Waals surface area contributed by atoms with Crippen molar-refractivity contribution in [2.45, 2.75) is 13.8 Å². The van der Waals surface area contributed by atoms with Gasteiger partial charge in [0.2, 0.25) is 0 Å². The normalized spacial score (nSPS) is 35.5. The van der Waals surface area contributed by atoms with Crippen LogP contribution in [0.5, 0.6) is 0 Å². The lowest BCUT2D eigenvalue weighted by molar-refractivity contribution is -0.130. The minimum Gasteiger partial charge on any atom is -0.308 e. The van der Waals surface area contributed by atoms with E-state index in [-0.39, 0.29) is 11.3 Å². The summed E-state index contributed by atoms with van der Waals surface area (Å²) in [6, 6.07) is 0. The van der Waals surface area contributed by atoms with Gasteiger partial charge < -0.3 is 4.90 Å². The van der Waals surface area contributed by atoms with Gasteiger partial charge in [-0.3, -0.25) is 4.79 Å². The highest BCUT2D eigenvalue weighted by molar-refractivity contribution is 7.99. The molecule has 1 aliphatic heterocycles. The smallest absolute Gasteiger partial charge is 0.144 e. The molecule has 1 aliphatic rings. The second-order valence-electron chi connectivity index (χ2n) is 4.58. The van der Waals surface area contributed by atoms with Gasteiger partial charge >= 0.3 is 0 Å². The first-order valence-electron chi connectivity index (χ1n) is 4.72. The van der Waals surface area contributed by atoms with Gasteiger partial charge in [-0.1, -0.05) is 13.8 Å². The van der Waals surface area contributed by atoms with Crippen molar-refractivity contribution in [1.82, 2.24) is 4.90 Å². The molecule has 0 radical (unpaired) electrons. The Kier molecular flexibility index (Phi) is 3.41. The Bertz CT molecular complexity index is 205. The van der Waals surface area contributed by atoms with E-state index >= 15 is 0 Å². The minimum absolute atomic E-state index is 0.119. The van der Waals surface area contributed by atoms with Crippen LogP contribution in [0.15, 0.2) is 0 Å². The average Bonchev–Trinajstić information content (AvgIpc) is 1.99. The molecule has 0 aliphatic carbocycles. The number of thioether (sulfide) groups is 1. The quantitative estimate of drug-likeness (QED) is 0.675. The van der Waals surface area contributed by atoms with Gasteiger partial charge in [-0.05, 0) is 14.1 Å². The minimum atomic E-state index is -0.119. The fourth-order valence-corrected chi connectivity index (χ4v) is 3.33. The lowest BCUT2D eigenvalue weighted by Crippen LogP contribution is -2.46. The van der Waals surface area contributed by atoms with Crippen molar-refractivity contribution < 1.29 is 4.79 Å². The Morgan fingerprint density at radius 2 is 2.23 bits per heavy atom. The predicted octanol–water partition coefficient (Wildman–Crippen LogP) is 1.51. The van der Waals surface area contributed by atoms with Crippen LogP contribution in [0.25, 0.3) is 0 Å². The van der Waals surface area contributed by atoms with Crippen LogP contribution in [0.1, 0.15) is 13.8 Å². The third-order valence-electron chi connectivity index (χ3n) is 2.50. The summed E-state index contributed by atoms with van der Waals surface area (Å²) in [5, 5.41) is 0. The molecular formula is C10H19NOS. The van der Waals surface area contributed by atoms with Gasteiger partial charge in [-0.25, -0.2) is 0 Å². The van der Waals surface area contributed by atoms with E-state index in [0.717, 1.165) is 18.1 Å². The molecule has 13 heavy (non-hydrogen) atoms. The van der Waals surface area contributed by atoms with Crippen molar-refractivity contribution in [3.8, 4) is 0 Å². The Morgan fingerprint density at radius 3 is 2.77 bits per heavy atom. The molecule has 2 atom stereocenters. The molecule has 0 aromatic rings. The van der Waals surface area contributed by atoms with Crippen LogP contribution in [-0.4, -0.2) is 42.8 Å². The lowest BCUT2D eigenvalue weighted by atomic mass is 9.81. The summed E-state index contributed by atoms with van der Waals surface area (Å²) in [6.45, 7) is 5.02. The summed E-state index contributed by atoms with van der Waals surface area (Å²) in [5.41, 5.74) is -0.119. The number of rotatable bonds is 2. The average molecular weight is 201 g/mol. The van der Waals surface area contributed by atoms with Gasteiger partial charge in [-0.15, -0.1) is 0 Å². The fraction of sp³-hybridized carbons (Fsp3) is 0.900. The standard InChI is InChI=1S/C10H19NOS/c1-8-5-13-7-10(2,9(8)12)6-11(3)4/h8H,5-7H2,1-4H3/t8-,10-/m1/s1. The molecule has 0 bridgehead atoms. The molecule has 1 rings (SSSR count). The van der Waals surface area contributed by atoms with Crippen molar-refractivity contribution in [3.05, 3.63) is 0 Å². The van der Waals surface area contributed by atoms with E-state index in [1.807, 2.05) is 32.8 Å². The molecule has 76 valence electrons. The highest BCUT2D eigenvalue weighted by Gasteiger charge is 2.39. The zero-order valence-electron chi connectivity index (χ0n) is 8.96. The number of nitrogens with zero attached hydrogens (tertiary/aromatic N) is 1. The molecule has 3 heteroatoms. The molecule has 0 unspecified atom stereocenters. The van der Waals surface area contributed by atoms with Crippen LogP contribution in [0.4, 0.5) is 0 Å². The third-order valence-corrected chi connectivity index (χ3v) is 4.07. The van der Waals surface area contributed by atoms with Crippen LogP contribution in [0.3, 0.4) is 0 Å². The van der Waals surface area contributed by atoms with Gasteiger partial charge in [0.15, 0.2) is 0 Å². The molecule has 0 saturated carbocycles. The van der Waals surface area contributed by atoms with Crippen LogP contribution in [0.2, 0.25) is 0 Å². The predicted molar refractivity (Wildman–Crippen MR) is 58.2 cm³/mol. The number of ketones is 1. The van der Waals surface area contributed by atoms with E-state index in [0.29, 0.717) is 5.78 Å². The number of hydrogen-bond acceptors (Lipinski definition) is 3. The summed E-state index contributed by atoms with van der Waals surface area (Å²) >= 11 is 1.91. The molecule has 0 spiro atoms. The molecule has 0 amide bonds. The maximum Gasteiger partial charge on any atom is 0.144 e. The summed E-state index contributed by atoms with van der Waals surface area (Å²) in [7, 11) is 4.06. The molecule has 0 aromatic heterocycles. The van der Waals surface area contributed by atoms with Gasteiger partial charge in [0.1, 0.15) is 5.78 Å². The first-order valence-corrected chi connectivity index (χ1v) is 5.88. The van der Waals surface area contributed by atoms with Gasteiger partial charge in [-0.2, -0.15) is 11.8 Å². The maximum atomic E-state index is 11.9. The number of Topliss-reactive ketones (excluding diaryl/α,β-unsaturated/α-hetero) is 1. The van der Waals surface area contributed by atoms with Crippen molar-refractivity contribution in [3.63, 3.8) is 0 Å². The highest BCUT2D eigenvalue weighted by Crippen LogP contribution is 2.34. The van der Waals surface area contributed by atoms with Crippen LogP contribution in [0, 0.1) is 11.3 Å². The highest BCUT2D eigenvalue weighted by atomic mass is 32.2. The second kappa shape index (κ2) is 4.01. The number of carbonyl (C=O) groups is 1. The molecule has 1 heterocycles. The Hall–Kier alpha value is -0.0200. The lowest BCUT2D eigenvalue weighted by Gasteiger charge is -2.36. The molecule has 1 fully saturated rings. The van der Waals surface area contributed by atoms with E-state index < -0.39 is 0 Å². The second-order valence-corrected chi connectivity index (χ2v) is 5.61. The summed E-state index contributed by atoms with van der Waals surface area (Å²) in [4.78, 5) is 14.1. The Balaban J connectivity index is 2.69. The zero-order valence-corrected chi connectivity index (χ0v) is 9.78. The van der Waals surface area contributed by atoms with Gasteiger partial charge in [0.05, 0.1) is 0 Å². The number of hydrogen-bond donors (Lipinski definition) is 0. The topological polar surface area (TPSA) is 20.3 Å². The van der Waals surface area contributed by atoms with Crippen molar-refractivity contribution >= 4 is 17.5 Å². The monoisotopic (exact) mass is 201 g/mol. The van der Waals surface area contributed by atoms with E-state index in [2.05, 4.69) is 11.8 Å².